The lowest BCUT2D eigenvalue weighted by Crippen LogP contribution is -2.17. The molecule has 12 nitrogen and oxygen atoms in total. The van der Waals surface area contributed by atoms with E-state index in [1.54, 1.807) is 6.07 Å². The molecule has 3 aromatic carbocycles. The Labute approximate surface area is 212 Å². The minimum atomic E-state index is -1.27. The van der Waals surface area contributed by atoms with Gasteiger partial charge in [0, 0.05) is 17.2 Å². The van der Waals surface area contributed by atoms with Crippen LogP contribution in [-0.4, -0.2) is 49.8 Å². The van der Waals surface area contributed by atoms with E-state index in [1.165, 1.54) is 54.6 Å². The van der Waals surface area contributed by atoms with Gasteiger partial charge in [-0.05, 0) is 30.3 Å². The molecule has 0 heterocycles. The van der Waals surface area contributed by atoms with Gasteiger partial charge in [-0.1, -0.05) is 41.9 Å². The summed E-state index contributed by atoms with van der Waals surface area (Å²) < 4.78 is 0. The molecule has 0 aliphatic heterocycles. The van der Waals surface area contributed by atoms with Crippen molar-refractivity contribution in [1.82, 2.24) is 0 Å². The second-order valence-corrected chi connectivity index (χ2v) is 7.48. The van der Waals surface area contributed by atoms with E-state index in [0.717, 1.165) is 6.07 Å². The van der Waals surface area contributed by atoms with Gasteiger partial charge in [0.2, 0.25) is 5.91 Å². The van der Waals surface area contributed by atoms with Crippen LogP contribution in [0.4, 0.5) is 11.4 Å². The number of rotatable bonds is 8. The SMILES string of the molecule is O=C(O)CC(=O)Nc1ccccc1C(=O)O.O=C(O)c1ccccc1C(=O)c1ccc(Cl)c([N+](=O)[O-])c1. The Morgan fingerprint density at radius 2 is 1.35 bits per heavy atom. The third kappa shape index (κ3) is 7.70. The van der Waals surface area contributed by atoms with E-state index in [0.29, 0.717) is 0 Å². The molecule has 13 heteroatoms. The number of aromatic carboxylic acids is 2. The van der Waals surface area contributed by atoms with Gasteiger partial charge in [0.1, 0.15) is 11.4 Å². The van der Waals surface area contributed by atoms with Gasteiger partial charge in [-0.25, -0.2) is 9.59 Å². The number of nitrogens with zero attached hydrogens (tertiary/aromatic N) is 1. The van der Waals surface area contributed by atoms with Crippen molar-refractivity contribution in [2.45, 2.75) is 6.42 Å². The molecule has 3 aromatic rings. The number of hydrogen-bond acceptors (Lipinski definition) is 7. The van der Waals surface area contributed by atoms with Crippen LogP contribution in [0.2, 0.25) is 5.02 Å². The molecule has 0 unspecified atom stereocenters. The first-order valence-corrected chi connectivity index (χ1v) is 10.4. The van der Waals surface area contributed by atoms with E-state index < -0.39 is 46.6 Å². The summed E-state index contributed by atoms with van der Waals surface area (Å²) in [6.45, 7) is 0. The molecule has 0 aliphatic rings. The number of carbonyl (C=O) groups is 5. The Bertz CT molecular complexity index is 1400. The molecule has 1 amide bonds. The number of nitrogens with one attached hydrogen (secondary N) is 1. The molecular formula is C24H17ClN2O10. The number of carboxylic acid groups (broad SMARTS) is 3. The molecule has 3 rings (SSSR count). The van der Waals surface area contributed by atoms with Crippen molar-refractivity contribution in [1.29, 1.82) is 0 Å². The lowest BCUT2D eigenvalue weighted by molar-refractivity contribution is -0.384. The van der Waals surface area contributed by atoms with Gasteiger partial charge >= 0.3 is 17.9 Å². The van der Waals surface area contributed by atoms with Crippen molar-refractivity contribution in [3.8, 4) is 0 Å². The molecule has 0 fully saturated rings. The monoisotopic (exact) mass is 528 g/mol. The van der Waals surface area contributed by atoms with Crippen molar-refractivity contribution in [2.75, 3.05) is 5.32 Å². The molecular weight excluding hydrogens is 512 g/mol. The number of anilines is 1. The predicted octanol–water partition coefficient (Wildman–Crippen LogP) is 3.98. The Balaban J connectivity index is 0.000000271. The van der Waals surface area contributed by atoms with Gasteiger partial charge in [-0.15, -0.1) is 0 Å². The average Bonchev–Trinajstić information content (AvgIpc) is 2.83. The normalized spacial score (nSPS) is 9.86. The third-order valence-electron chi connectivity index (χ3n) is 4.55. The van der Waals surface area contributed by atoms with Crippen LogP contribution < -0.4 is 5.32 Å². The van der Waals surface area contributed by atoms with E-state index in [-0.39, 0.29) is 33.0 Å². The fourth-order valence-corrected chi connectivity index (χ4v) is 3.11. The van der Waals surface area contributed by atoms with Crippen LogP contribution in [0, 0.1) is 10.1 Å². The zero-order valence-electron chi connectivity index (χ0n) is 18.6. The van der Waals surface area contributed by atoms with Crippen molar-refractivity contribution in [2.24, 2.45) is 0 Å². The molecule has 0 radical (unpaired) electrons. The van der Waals surface area contributed by atoms with Crippen molar-refractivity contribution >= 4 is 52.6 Å². The second kappa shape index (κ2) is 12.6. The number of halogens is 1. The molecule has 0 aromatic heterocycles. The number of aliphatic carboxylic acids is 1. The Hall–Kier alpha value is -5.10. The number of ketones is 1. The summed E-state index contributed by atoms with van der Waals surface area (Å²) in [6, 6.07) is 15.0. The molecule has 0 spiro atoms. The van der Waals surface area contributed by atoms with E-state index in [9.17, 15) is 34.1 Å². The van der Waals surface area contributed by atoms with Gasteiger partial charge in [0.25, 0.3) is 5.69 Å². The maximum Gasteiger partial charge on any atom is 0.337 e. The van der Waals surface area contributed by atoms with E-state index in [4.69, 9.17) is 26.9 Å². The minimum Gasteiger partial charge on any atom is -0.481 e. The largest absolute Gasteiger partial charge is 0.481 e. The Morgan fingerprint density at radius 1 is 0.811 bits per heavy atom. The number of hydrogen-bond donors (Lipinski definition) is 4. The maximum absolute atomic E-state index is 12.3. The van der Waals surface area contributed by atoms with Gasteiger partial charge in [-0.2, -0.15) is 0 Å². The summed E-state index contributed by atoms with van der Waals surface area (Å²) in [5.74, 6) is -5.09. The van der Waals surface area contributed by atoms with Crippen LogP contribution in [0.25, 0.3) is 0 Å². The van der Waals surface area contributed by atoms with E-state index in [1.807, 2.05) is 0 Å². The highest BCUT2D eigenvalue weighted by atomic mass is 35.5. The summed E-state index contributed by atoms with van der Waals surface area (Å²) in [6.07, 6.45) is -0.700. The van der Waals surface area contributed by atoms with Crippen LogP contribution in [0.1, 0.15) is 43.1 Å². The van der Waals surface area contributed by atoms with Gasteiger partial charge in [0.15, 0.2) is 5.78 Å². The zero-order chi connectivity index (χ0) is 27.7. The van der Waals surface area contributed by atoms with Crippen LogP contribution in [-0.2, 0) is 9.59 Å². The highest BCUT2D eigenvalue weighted by Crippen LogP contribution is 2.26. The lowest BCUT2D eigenvalue weighted by Gasteiger charge is -2.06. The fourth-order valence-electron chi connectivity index (χ4n) is 2.93. The van der Waals surface area contributed by atoms with Gasteiger partial charge < -0.3 is 20.6 Å². The number of nitro groups is 1. The van der Waals surface area contributed by atoms with Crippen molar-refractivity contribution in [3.05, 3.63) is 104 Å². The first-order chi connectivity index (χ1) is 17.4. The van der Waals surface area contributed by atoms with Crippen molar-refractivity contribution in [3.63, 3.8) is 0 Å². The second-order valence-electron chi connectivity index (χ2n) is 7.07. The first-order valence-electron chi connectivity index (χ1n) is 10.1. The van der Waals surface area contributed by atoms with Crippen LogP contribution in [0.15, 0.2) is 66.7 Å². The fraction of sp³-hybridized carbons (Fsp3) is 0.0417. The molecule has 0 saturated heterocycles. The van der Waals surface area contributed by atoms with E-state index in [2.05, 4.69) is 5.32 Å². The number of para-hydroxylation sites is 1. The Kier molecular flexibility index (Phi) is 9.55. The van der Waals surface area contributed by atoms with E-state index >= 15 is 0 Å². The molecule has 37 heavy (non-hydrogen) atoms. The number of carbonyl (C=O) groups excluding carboxylic acids is 2. The summed E-state index contributed by atoms with van der Waals surface area (Å²) in [7, 11) is 0. The van der Waals surface area contributed by atoms with Crippen LogP contribution in [0.5, 0.6) is 0 Å². The smallest absolute Gasteiger partial charge is 0.337 e. The quantitative estimate of drug-likeness (QED) is 0.143. The number of carboxylic acids is 3. The molecule has 4 N–H and O–H groups in total. The lowest BCUT2D eigenvalue weighted by atomic mass is 9.98. The first kappa shape index (κ1) is 28.1. The molecule has 0 bridgehead atoms. The number of benzene rings is 3. The number of amides is 1. The Morgan fingerprint density at radius 3 is 1.89 bits per heavy atom. The standard InChI is InChI=1S/C14H8ClNO5.C10H9NO5/c15-11-6-5-8(7-12(11)16(20)21)13(17)9-3-1-2-4-10(9)14(18)19;12-8(5-9(13)14)11-7-4-2-1-3-6(7)10(15)16/h1-7H,(H,18,19);1-4H,5H2,(H,11,12)(H,13,14)(H,15,16). The molecule has 190 valence electrons. The summed E-state index contributed by atoms with van der Waals surface area (Å²) >= 11 is 5.68. The highest BCUT2D eigenvalue weighted by Gasteiger charge is 2.21. The maximum atomic E-state index is 12.3. The number of nitro benzene ring substituents is 1. The minimum absolute atomic E-state index is 0.000185. The summed E-state index contributed by atoms with van der Waals surface area (Å²) in [4.78, 5) is 65.7. The summed E-state index contributed by atoms with van der Waals surface area (Å²) in [5, 5.41) is 39.2. The summed E-state index contributed by atoms with van der Waals surface area (Å²) in [5.41, 5.74) is -0.612. The highest BCUT2D eigenvalue weighted by molar-refractivity contribution is 6.33. The van der Waals surface area contributed by atoms with Gasteiger partial charge in [-0.3, -0.25) is 24.5 Å². The predicted molar refractivity (Wildman–Crippen MR) is 129 cm³/mol. The van der Waals surface area contributed by atoms with Crippen LogP contribution >= 0.6 is 11.6 Å². The third-order valence-corrected chi connectivity index (χ3v) is 4.87. The zero-order valence-corrected chi connectivity index (χ0v) is 19.3. The molecule has 0 saturated carbocycles. The van der Waals surface area contributed by atoms with Crippen molar-refractivity contribution < 1.29 is 44.2 Å². The average molecular weight is 529 g/mol. The van der Waals surface area contributed by atoms with Crippen LogP contribution in [0.3, 0.4) is 0 Å². The molecule has 0 atom stereocenters. The topological polar surface area (TPSA) is 201 Å². The molecule has 0 aliphatic carbocycles. The van der Waals surface area contributed by atoms with Gasteiger partial charge in [0.05, 0.1) is 21.7 Å².